The third-order valence-corrected chi connectivity index (χ3v) is 5.00. The number of aromatic nitrogens is 1. The zero-order chi connectivity index (χ0) is 23.5. The maximum absolute atomic E-state index is 13.3. The van der Waals surface area contributed by atoms with Crippen LogP contribution in [-0.2, 0) is 11.2 Å². The van der Waals surface area contributed by atoms with Gasteiger partial charge in [0.15, 0.2) is 0 Å². The van der Waals surface area contributed by atoms with Crippen molar-refractivity contribution in [3.05, 3.63) is 88.7 Å². The lowest BCUT2D eigenvalue weighted by molar-refractivity contribution is -0.116. The fourth-order valence-electron chi connectivity index (χ4n) is 3.38. The van der Waals surface area contributed by atoms with Crippen molar-refractivity contribution >= 4 is 17.4 Å². The summed E-state index contributed by atoms with van der Waals surface area (Å²) in [5.74, 6) is -0.0502. The van der Waals surface area contributed by atoms with E-state index in [0.29, 0.717) is 17.1 Å². The Morgan fingerprint density at radius 2 is 1.88 bits per heavy atom. The molecule has 1 aromatic carbocycles. The first-order valence-corrected chi connectivity index (χ1v) is 11.0. The maximum Gasteiger partial charge on any atom is 0.252 e. The molecule has 0 saturated heterocycles. The summed E-state index contributed by atoms with van der Waals surface area (Å²) in [6, 6.07) is 11.1. The third kappa shape index (κ3) is 6.54. The van der Waals surface area contributed by atoms with Gasteiger partial charge in [0.2, 0.25) is 0 Å². The first-order valence-electron chi connectivity index (χ1n) is 11.0. The van der Waals surface area contributed by atoms with E-state index in [4.69, 9.17) is 0 Å². The number of aryl methyl sites for hydroxylation is 1. The molecule has 0 aliphatic heterocycles. The predicted octanol–water partition coefficient (Wildman–Crippen LogP) is 5.96. The molecule has 1 aromatic heterocycles. The number of pyridine rings is 1. The van der Waals surface area contributed by atoms with Crippen molar-refractivity contribution in [3.8, 4) is 0 Å². The number of likely N-dealkylation sites (N-methyl/N-ethyl adjacent to an activating group) is 1. The van der Waals surface area contributed by atoms with Crippen molar-refractivity contribution in [2.24, 2.45) is 0 Å². The minimum atomic E-state index is -0.394. The first-order chi connectivity index (χ1) is 15.4. The fourth-order valence-corrected chi connectivity index (χ4v) is 3.38. The van der Waals surface area contributed by atoms with Crippen LogP contribution in [0.3, 0.4) is 0 Å². The largest absolute Gasteiger partial charge is 0.355 e. The number of nitrogens with one attached hydrogen (secondary N) is 3. The number of para-hydroxylation sites is 1. The van der Waals surface area contributed by atoms with Crippen LogP contribution in [0.4, 0.5) is 15.9 Å². The van der Waals surface area contributed by atoms with E-state index in [9.17, 15) is 9.18 Å². The van der Waals surface area contributed by atoms with Crippen molar-refractivity contribution < 1.29 is 9.18 Å². The summed E-state index contributed by atoms with van der Waals surface area (Å²) in [5, 5.41) is 9.53. The van der Waals surface area contributed by atoms with Crippen molar-refractivity contribution in [1.29, 1.82) is 0 Å². The molecule has 0 spiro atoms. The van der Waals surface area contributed by atoms with Crippen molar-refractivity contribution in [2.45, 2.75) is 47.0 Å². The Labute approximate surface area is 190 Å². The molecule has 5 nitrogen and oxygen atoms in total. The molecule has 170 valence electrons. The molecule has 2 aromatic rings. The lowest BCUT2D eigenvalue weighted by Crippen LogP contribution is -2.25. The molecule has 1 amide bonds. The van der Waals surface area contributed by atoms with Gasteiger partial charge >= 0.3 is 0 Å². The van der Waals surface area contributed by atoms with Gasteiger partial charge in [-0.1, -0.05) is 50.6 Å². The summed E-state index contributed by atoms with van der Waals surface area (Å²) in [6.45, 7) is 7.97. The van der Waals surface area contributed by atoms with Gasteiger partial charge in [0.25, 0.3) is 5.91 Å². The van der Waals surface area contributed by atoms with Crippen LogP contribution in [0.1, 0.15) is 46.1 Å². The van der Waals surface area contributed by atoms with Crippen molar-refractivity contribution in [2.75, 3.05) is 17.7 Å². The number of benzene rings is 1. The molecule has 0 aliphatic rings. The normalized spacial score (nSPS) is 12.8. The van der Waals surface area contributed by atoms with E-state index >= 15 is 0 Å². The van der Waals surface area contributed by atoms with Crippen molar-refractivity contribution in [1.82, 2.24) is 10.3 Å². The number of nitrogens with zero attached hydrogens (tertiary/aromatic N) is 1. The quantitative estimate of drug-likeness (QED) is 0.318. The molecular weight excluding hydrogens is 403 g/mol. The van der Waals surface area contributed by atoms with Crippen LogP contribution < -0.4 is 16.0 Å². The monoisotopic (exact) mass is 436 g/mol. The number of rotatable bonds is 10. The number of allylic oxidation sites excluding steroid dienone is 3. The lowest BCUT2D eigenvalue weighted by Gasteiger charge is -2.21. The Morgan fingerprint density at radius 3 is 2.47 bits per heavy atom. The molecule has 32 heavy (non-hydrogen) atoms. The van der Waals surface area contributed by atoms with Gasteiger partial charge in [0.05, 0.1) is 17.5 Å². The molecule has 0 fully saturated rings. The zero-order valence-corrected chi connectivity index (χ0v) is 19.6. The number of halogens is 1. The van der Waals surface area contributed by atoms with Crippen LogP contribution in [0.5, 0.6) is 0 Å². The maximum atomic E-state index is 13.3. The van der Waals surface area contributed by atoms with Crippen LogP contribution in [0.15, 0.2) is 77.3 Å². The summed E-state index contributed by atoms with van der Waals surface area (Å²) < 4.78 is 13.3. The Bertz CT molecular complexity index is 1010. The SMILES string of the molecule is C\C=C(C(=O)NC)/C(Nc1ccccc1CCC)=C(C)\C(=C\CC)Nc1ccc(F)cn1. The number of amides is 1. The summed E-state index contributed by atoms with van der Waals surface area (Å²) in [6.07, 6.45) is 7.71. The Balaban J connectivity index is 2.59. The number of anilines is 2. The first kappa shape index (κ1) is 24.9. The zero-order valence-electron chi connectivity index (χ0n) is 19.6. The highest BCUT2D eigenvalue weighted by atomic mass is 19.1. The van der Waals surface area contributed by atoms with E-state index in [-0.39, 0.29) is 5.91 Å². The van der Waals surface area contributed by atoms with Crippen LogP contribution in [-0.4, -0.2) is 17.9 Å². The number of hydrogen-bond acceptors (Lipinski definition) is 4. The Kier molecular flexibility index (Phi) is 9.67. The lowest BCUT2D eigenvalue weighted by atomic mass is 10.0. The van der Waals surface area contributed by atoms with Gasteiger partial charge in [-0.15, -0.1) is 0 Å². The second kappa shape index (κ2) is 12.4. The van der Waals surface area contributed by atoms with E-state index in [1.165, 1.54) is 17.8 Å². The molecule has 0 radical (unpaired) electrons. The van der Waals surface area contributed by atoms with Crippen LogP contribution in [0.2, 0.25) is 0 Å². The number of carbonyl (C=O) groups excluding carboxylic acids is 1. The van der Waals surface area contributed by atoms with Gasteiger partial charge < -0.3 is 16.0 Å². The molecule has 0 aliphatic carbocycles. The molecule has 0 bridgehead atoms. The average Bonchev–Trinajstić information content (AvgIpc) is 2.80. The average molecular weight is 437 g/mol. The van der Waals surface area contributed by atoms with E-state index < -0.39 is 5.82 Å². The second-order valence-electron chi connectivity index (χ2n) is 7.33. The number of hydrogen-bond donors (Lipinski definition) is 3. The molecule has 6 heteroatoms. The van der Waals surface area contributed by atoms with E-state index in [0.717, 1.165) is 36.2 Å². The molecule has 3 N–H and O–H groups in total. The van der Waals surface area contributed by atoms with Gasteiger partial charge in [-0.05, 0) is 56.0 Å². The van der Waals surface area contributed by atoms with Gasteiger partial charge in [-0.3, -0.25) is 4.79 Å². The summed E-state index contributed by atoms with van der Waals surface area (Å²) >= 11 is 0. The summed E-state index contributed by atoms with van der Waals surface area (Å²) in [4.78, 5) is 16.8. The molecule has 0 atom stereocenters. The molecular formula is C26H33FN4O. The third-order valence-electron chi connectivity index (χ3n) is 5.00. The van der Waals surface area contributed by atoms with Gasteiger partial charge in [-0.2, -0.15) is 0 Å². The smallest absolute Gasteiger partial charge is 0.252 e. The summed E-state index contributed by atoms with van der Waals surface area (Å²) in [7, 11) is 1.62. The van der Waals surface area contributed by atoms with E-state index in [1.807, 2.05) is 45.0 Å². The molecule has 0 saturated carbocycles. The van der Waals surface area contributed by atoms with Crippen molar-refractivity contribution in [3.63, 3.8) is 0 Å². The standard InChI is InChI=1S/C26H33FN4O/c1-6-11-19-13-9-10-14-23(19)31-25(21(8-3)26(32)28-5)18(4)22(12-7-2)30-24-16-15-20(27)17-29-24/h8-10,12-17,31H,6-7,11H2,1-5H3,(H,28,32)(H,29,30)/b21-8+,22-12-,25-18+. The van der Waals surface area contributed by atoms with Gasteiger partial charge in [0, 0.05) is 18.4 Å². The van der Waals surface area contributed by atoms with Crippen LogP contribution >= 0.6 is 0 Å². The highest BCUT2D eigenvalue weighted by Crippen LogP contribution is 2.27. The second-order valence-corrected chi connectivity index (χ2v) is 7.33. The Hall–Kier alpha value is -3.41. The molecule has 0 unspecified atom stereocenters. The van der Waals surface area contributed by atoms with E-state index in [1.54, 1.807) is 19.2 Å². The number of carbonyl (C=O) groups is 1. The van der Waals surface area contributed by atoms with E-state index in [2.05, 4.69) is 33.9 Å². The van der Waals surface area contributed by atoms with Crippen LogP contribution in [0, 0.1) is 5.82 Å². The molecule has 2 rings (SSSR count). The highest BCUT2D eigenvalue weighted by Gasteiger charge is 2.19. The fraction of sp³-hybridized carbons (Fsp3) is 0.308. The minimum Gasteiger partial charge on any atom is -0.355 e. The molecule has 1 heterocycles. The van der Waals surface area contributed by atoms with Gasteiger partial charge in [0.1, 0.15) is 11.6 Å². The summed E-state index contributed by atoms with van der Waals surface area (Å²) in [5.41, 5.74) is 5.02. The Morgan fingerprint density at radius 1 is 1.12 bits per heavy atom. The highest BCUT2D eigenvalue weighted by molar-refractivity contribution is 5.99. The minimum absolute atomic E-state index is 0.182. The van der Waals surface area contributed by atoms with Crippen LogP contribution in [0.25, 0.3) is 0 Å². The predicted molar refractivity (Wildman–Crippen MR) is 131 cm³/mol. The topological polar surface area (TPSA) is 66.1 Å². The van der Waals surface area contributed by atoms with Gasteiger partial charge in [-0.25, -0.2) is 9.37 Å².